The van der Waals surface area contributed by atoms with Gasteiger partial charge in [-0.25, -0.2) is 15.0 Å². The lowest BCUT2D eigenvalue weighted by Crippen LogP contribution is -2.45. The number of likely N-dealkylation sites (tertiary alicyclic amines) is 1. The highest BCUT2D eigenvalue weighted by molar-refractivity contribution is 7.53. The fourth-order valence-corrected chi connectivity index (χ4v) is 14.5. The Morgan fingerprint density at radius 2 is 0.717 bits per heavy atom. The van der Waals surface area contributed by atoms with Gasteiger partial charge in [0.1, 0.15) is 52.3 Å². The van der Waals surface area contributed by atoms with Crippen molar-refractivity contribution < 1.29 is 32.6 Å². The number of hydrogen-bond donors (Lipinski definition) is 6. The summed E-state index contributed by atoms with van der Waals surface area (Å²) in [5.74, 6) is 4.56. The topological polar surface area (TPSA) is 251 Å². The molecule has 0 amide bonds. The molecule has 6 N–H and O–H groups in total. The van der Waals surface area contributed by atoms with Gasteiger partial charge in [-0.2, -0.15) is 15.0 Å². The van der Waals surface area contributed by atoms with E-state index in [9.17, 15) is 13.7 Å². The molecule has 106 heavy (non-hydrogen) atoms. The third kappa shape index (κ3) is 24.9. The van der Waals surface area contributed by atoms with Gasteiger partial charge in [0, 0.05) is 58.9 Å². The zero-order valence-corrected chi connectivity index (χ0v) is 64.0. The molecule has 9 aromatic rings. The maximum absolute atomic E-state index is 12.1. The van der Waals surface area contributed by atoms with Crippen LogP contribution in [0.2, 0.25) is 15.1 Å². The SMILES string of the molecule is C.C.C.COc1cc(CCN2CCCCC2)ccc1Nc1ncc(Cl)c(Nc2ccccc2[P+](C)=O)n1.COc1cc(CCN2CCN(C)CC2)ccc1Nc1ncc(Cl)c(Nc2ccccc2[P+](C)=O)n1.COc1cc(CCN2CCOCC2)ccc1Nc1ncc(Cl)c(Nc2ccccc2[P+](C)=O)n1. The van der Waals surface area contributed by atoms with E-state index in [-0.39, 0.29) is 22.3 Å². The van der Waals surface area contributed by atoms with Gasteiger partial charge in [-0.05, 0) is 142 Å². The smallest absolute Gasteiger partial charge is 0.375 e. The van der Waals surface area contributed by atoms with Crippen LogP contribution in [0.15, 0.2) is 146 Å². The molecule has 6 aromatic carbocycles. The average Bonchev–Trinajstić information content (AvgIpc) is 0.905. The summed E-state index contributed by atoms with van der Waals surface area (Å²) in [6, 6.07) is 40.6. The van der Waals surface area contributed by atoms with E-state index in [2.05, 4.69) is 119 Å². The first kappa shape index (κ1) is 85.0. The number of morpholine rings is 1. The predicted octanol–water partition coefficient (Wildman–Crippen LogP) is 16.7. The van der Waals surface area contributed by atoms with Gasteiger partial charge in [-0.3, -0.25) is 4.90 Å². The zero-order chi connectivity index (χ0) is 72.6. The summed E-state index contributed by atoms with van der Waals surface area (Å²) in [4.78, 5) is 36.3. The van der Waals surface area contributed by atoms with Gasteiger partial charge in [0.25, 0.3) is 0 Å². The van der Waals surface area contributed by atoms with Crippen molar-refractivity contribution in [1.29, 1.82) is 0 Å². The lowest BCUT2D eigenvalue weighted by Gasteiger charge is -2.32. The van der Waals surface area contributed by atoms with Crippen LogP contribution >= 0.6 is 58.2 Å². The molecule has 23 nitrogen and oxygen atoms in total. The maximum atomic E-state index is 12.1. The predicted molar refractivity (Wildman–Crippen MR) is 441 cm³/mol. The van der Waals surface area contributed by atoms with Crippen molar-refractivity contribution in [3.63, 3.8) is 0 Å². The quantitative estimate of drug-likeness (QED) is 0.0262. The highest BCUT2D eigenvalue weighted by Crippen LogP contribution is 2.36. The summed E-state index contributed by atoms with van der Waals surface area (Å²) in [5, 5.41) is 22.5. The Balaban J connectivity index is 0.000000219. The molecule has 3 aromatic heterocycles. The van der Waals surface area contributed by atoms with Crippen molar-refractivity contribution in [3.05, 3.63) is 178 Å². The Kier molecular flexibility index (Phi) is 34.4. The van der Waals surface area contributed by atoms with Gasteiger partial charge in [0.2, 0.25) is 33.8 Å². The van der Waals surface area contributed by atoms with Gasteiger partial charge in [0.05, 0.1) is 87.3 Å². The molecule has 3 unspecified atom stereocenters. The standard InChI is InChI=1S/C25H31ClN6O2P.C25H30ClN5O2P.C24H28ClN5O3P.3CH4/c1-31-12-14-32(15-13-31)11-10-18-8-9-20(22(16-18)34-2)29-25-27-17-19(26)24(30-25)28-21-6-4-5-7-23(21)35(3)33;1-33-22-16-18(12-15-31-13-6-3-7-14-31)10-11-20(22)29-25-27-17-19(26)24(30-25)28-21-8-4-5-9-23(21)34(2)32;1-32-21-15-17(9-10-30-11-13-33-14-12-30)7-8-19(21)28-24-26-16-18(25)23(29-24)27-20-5-3-4-6-22(20)34(2)31;;;/h4-9,16-17H,10-15H2,1-3H3,(H2,27,28,29,30);4-5,8-11,16-17H,3,6-7,12-15H2,1-2H3,(H2,27,28,29,30);3-8,15-16H,9-14H2,1-2H3,(H2,26,27,28,29);3*1H4/q3*+1;;;. The normalized spacial score (nSPS) is 14.3. The largest absolute Gasteiger partial charge is 0.495 e. The second-order valence-corrected chi connectivity index (χ2v) is 30.5. The Morgan fingerprint density at radius 3 is 1.04 bits per heavy atom. The van der Waals surface area contributed by atoms with Crippen LogP contribution in [-0.2, 0) is 37.7 Å². The van der Waals surface area contributed by atoms with E-state index >= 15 is 0 Å². The summed E-state index contributed by atoms with van der Waals surface area (Å²) in [6.07, 6.45) is 11.4. The van der Waals surface area contributed by atoms with E-state index in [4.69, 9.17) is 53.8 Å². The van der Waals surface area contributed by atoms with Gasteiger partial charge in [0.15, 0.2) is 17.5 Å². The number of likely N-dealkylation sites (N-methyl/N-ethyl adjacent to an activating group) is 1. The van der Waals surface area contributed by atoms with E-state index in [0.29, 0.717) is 89.1 Å². The molecular formula is C77H101Cl3N16O7P3+3. The first-order valence-corrected chi connectivity index (χ1v) is 40.4. The monoisotopic (exact) mass is 1560 g/mol. The number of piperazine rings is 1. The molecule has 29 heteroatoms. The number of anilines is 12. The molecule has 3 atom stereocenters. The van der Waals surface area contributed by atoms with Crippen LogP contribution in [0.4, 0.5) is 69.4 Å². The van der Waals surface area contributed by atoms with Crippen molar-refractivity contribution >= 4 is 144 Å². The number of methoxy groups -OCH3 is 3. The van der Waals surface area contributed by atoms with E-state index in [1.165, 1.54) is 67.6 Å². The average molecular weight is 1560 g/mol. The minimum absolute atomic E-state index is 0. The minimum atomic E-state index is -1.53. The fraction of sp³-hybridized carbons (Fsp3) is 0.377. The lowest BCUT2D eigenvalue weighted by molar-refractivity contribution is 0.0384. The minimum Gasteiger partial charge on any atom is -0.495 e. The number of benzene rings is 6. The second-order valence-electron chi connectivity index (χ2n) is 24.8. The summed E-state index contributed by atoms with van der Waals surface area (Å²) in [5.41, 5.74) is 8.03. The molecule has 3 aliphatic rings. The molecular weight excluding hydrogens is 1460 g/mol. The van der Waals surface area contributed by atoms with Crippen molar-refractivity contribution in [1.82, 2.24) is 49.5 Å². The molecule has 3 saturated heterocycles. The van der Waals surface area contributed by atoms with Gasteiger partial charge in [-0.1, -0.05) is 132 Å². The first-order valence-electron chi connectivity index (χ1n) is 34.1. The third-order valence-electron chi connectivity index (χ3n) is 17.6. The first-order chi connectivity index (χ1) is 50.0. The van der Waals surface area contributed by atoms with Gasteiger partial charge < -0.3 is 65.5 Å². The van der Waals surface area contributed by atoms with Crippen LogP contribution in [0.1, 0.15) is 58.2 Å². The van der Waals surface area contributed by atoms with Crippen LogP contribution in [0.5, 0.6) is 17.2 Å². The van der Waals surface area contributed by atoms with Crippen LogP contribution in [0, 0.1) is 0 Å². The second kappa shape index (κ2) is 42.9. The highest BCUT2D eigenvalue weighted by atomic mass is 35.5. The highest BCUT2D eigenvalue weighted by Gasteiger charge is 2.24. The zero-order valence-electron chi connectivity index (χ0n) is 59.1. The lowest BCUT2D eigenvalue weighted by atomic mass is 10.1. The third-order valence-corrected chi connectivity index (χ3v) is 21.6. The number of ether oxygens (including phenoxy) is 4. The number of nitrogens with zero attached hydrogens (tertiary/aromatic N) is 10. The van der Waals surface area contributed by atoms with E-state index in [1.54, 1.807) is 41.3 Å². The molecule has 3 aliphatic heterocycles. The van der Waals surface area contributed by atoms with Crippen molar-refractivity contribution in [2.45, 2.75) is 60.8 Å². The Hall–Kier alpha value is -8.27. The molecule has 564 valence electrons. The molecule has 0 aliphatic carbocycles. The van der Waals surface area contributed by atoms with Crippen molar-refractivity contribution in [2.24, 2.45) is 0 Å². The number of aromatic nitrogens is 6. The van der Waals surface area contributed by atoms with Crippen LogP contribution in [0.3, 0.4) is 0 Å². The Labute approximate surface area is 643 Å². The summed E-state index contributed by atoms with van der Waals surface area (Å²) < 4.78 is 58.6. The number of hydrogen-bond acceptors (Lipinski definition) is 23. The van der Waals surface area contributed by atoms with Crippen LogP contribution in [-0.4, -0.2) is 183 Å². The van der Waals surface area contributed by atoms with Crippen LogP contribution < -0.4 is 62.0 Å². The number of nitrogens with one attached hydrogen (secondary N) is 6. The molecule has 3 fully saturated rings. The number of piperidine rings is 1. The summed E-state index contributed by atoms with van der Waals surface area (Å²) >= 11 is 19.0. The molecule has 12 rings (SSSR count). The molecule has 0 spiro atoms. The molecule has 0 saturated carbocycles. The van der Waals surface area contributed by atoms with Crippen molar-refractivity contribution in [2.75, 3.05) is 165 Å². The summed E-state index contributed by atoms with van der Waals surface area (Å²) in [6.45, 7) is 18.5. The van der Waals surface area contributed by atoms with E-state index < -0.39 is 23.4 Å². The van der Waals surface area contributed by atoms with Crippen molar-refractivity contribution in [3.8, 4) is 17.2 Å². The number of para-hydroxylation sites is 3. The Bertz CT molecular complexity index is 4180. The number of rotatable bonds is 27. The fourth-order valence-electron chi connectivity index (χ4n) is 11.8. The van der Waals surface area contributed by atoms with Gasteiger partial charge in [-0.15, -0.1) is 0 Å². The molecule has 6 heterocycles. The molecule has 0 bridgehead atoms. The van der Waals surface area contributed by atoms with E-state index in [0.717, 1.165) is 120 Å². The maximum Gasteiger partial charge on any atom is 0.375 e. The van der Waals surface area contributed by atoms with Gasteiger partial charge >= 0.3 is 23.4 Å². The summed E-state index contributed by atoms with van der Waals surface area (Å²) in [7, 11) is 2.56. The van der Waals surface area contributed by atoms with E-state index in [1.807, 2.05) is 97.1 Å². The molecule has 0 radical (unpaired) electrons. The number of halogens is 3. The Morgan fingerprint density at radius 1 is 0.406 bits per heavy atom. The van der Waals surface area contributed by atoms with Crippen LogP contribution in [0.25, 0.3) is 0 Å².